The number of piperazine rings is 1. The highest BCUT2D eigenvalue weighted by Gasteiger charge is 2.23. The second-order valence-corrected chi connectivity index (χ2v) is 6.19. The van der Waals surface area contributed by atoms with Gasteiger partial charge in [-0.2, -0.15) is 0 Å². The van der Waals surface area contributed by atoms with Crippen molar-refractivity contribution in [2.75, 3.05) is 38.0 Å². The number of carbonyl (C=O) groups excluding carboxylic acids is 2. The third-order valence-electron chi connectivity index (χ3n) is 4.22. The molecule has 0 spiro atoms. The maximum Gasteiger partial charge on any atom is 0.322 e. The molecular formula is C17H24F2N4O2. The minimum Gasteiger partial charge on any atom is -0.353 e. The average Bonchev–Trinajstić information content (AvgIpc) is 2.58. The lowest BCUT2D eigenvalue weighted by Crippen LogP contribution is -2.52. The predicted octanol–water partition coefficient (Wildman–Crippen LogP) is 2.03. The van der Waals surface area contributed by atoms with Gasteiger partial charge in [-0.15, -0.1) is 0 Å². The van der Waals surface area contributed by atoms with Gasteiger partial charge >= 0.3 is 6.03 Å². The highest BCUT2D eigenvalue weighted by molar-refractivity contribution is 5.89. The molecule has 1 aromatic rings. The molecule has 1 saturated heterocycles. The van der Waals surface area contributed by atoms with E-state index in [1.165, 1.54) is 4.90 Å². The normalized spacial score (nSPS) is 16.4. The van der Waals surface area contributed by atoms with Gasteiger partial charge in [-0.1, -0.05) is 6.92 Å². The van der Waals surface area contributed by atoms with Gasteiger partial charge < -0.3 is 15.5 Å². The number of anilines is 1. The number of rotatable bonds is 5. The summed E-state index contributed by atoms with van der Waals surface area (Å²) in [7, 11) is 0. The fourth-order valence-corrected chi connectivity index (χ4v) is 2.52. The summed E-state index contributed by atoms with van der Waals surface area (Å²) in [5, 5.41) is 5.29. The first kappa shape index (κ1) is 19.1. The van der Waals surface area contributed by atoms with Crippen LogP contribution in [0.5, 0.6) is 0 Å². The fraction of sp³-hybridized carbons (Fsp3) is 0.529. The van der Waals surface area contributed by atoms with Crippen LogP contribution in [-0.2, 0) is 4.79 Å². The molecule has 1 fully saturated rings. The molecule has 1 atom stereocenters. The summed E-state index contributed by atoms with van der Waals surface area (Å²) in [6, 6.07) is 2.57. The number of halogens is 2. The molecule has 138 valence electrons. The summed E-state index contributed by atoms with van der Waals surface area (Å²) < 4.78 is 26.7. The molecule has 3 amide bonds. The van der Waals surface area contributed by atoms with Gasteiger partial charge in [0.1, 0.15) is 11.6 Å². The van der Waals surface area contributed by atoms with Gasteiger partial charge in [0.15, 0.2) is 0 Å². The predicted molar refractivity (Wildman–Crippen MR) is 91.3 cm³/mol. The van der Waals surface area contributed by atoms with Crippen LogP contribution in [0.2, 0.25) is 0 Å². The largest absolute Gasteiger partial charge is 0.353 e. The van der Waals surface area contributed by atoms with Crippen LogP contribution in [-0.4, -0.2) is 60.5 Å². The number of hydrogen-bond donors (Lipinski definition) is 2. The van der Waals surface area contributed by atoms with Crippen molar-refractivity contribution in [2.45, 2.75) is 26.3 Å². The lowest BCUT2D eigenvalue weighted by Gasteiger charge is -2.34. The van der Waals surface area contributed by atoms with E-state index in [0.717, 1.165) is 24.6 Å². The van der Waals surface area contributed by atoms with Crippen molar-refractivity contribution in [2.24, 2.45) is 0 Å². The smallest absolute Gasteiger partial charge is 0.322 e. The fourth-order valence-electron chi connectivity index (χ4n) is 2.52. The maximum absolute atomic E-state index is 13.6. The number of nitrogens with one attached hydrogen (secondary N) is 2. The van der Waals surface area contributed by atoms with E-state index in [9.17, 15) is 18.4 Å². The van der Waals surface area contributed by atoms with Crippen molar-refractivity contribution in [1.29, 1.82) is 0 Å². The van der Waals surface area contributed by atoms with Gasteiger partial charge in [0.25, 0.3) is 0 Å². The minimum atomic E-state index is -0.685. The van der Waals surface area contributed by atoms with Gasteiger partial charge in [0.2, 0.25) is 5.91 Å². The van der Waals surface area contributed by atoms with Crippen LogP contribution in [0.4, 0.5) is 19.3 Å². The zero-order valence-electron chi connectivity index (χ0n) is 14.5. The van der Waals surface area contributed by atoms with Gasteiger partial charge in [-0.3, -0.25) is 9.69 Å². The van der Waals surface area contributed by atoms with Crippen LogP contribution in [0, 0.1) is 11.6 Å². The van der Waals surface area contributed by atoms with Gasteiger partial charge in [-0.25, -0.2) is 13.6 Å². The third kappa shape index (κ3) is 5.67. The molecule has 0 bridgehead atoms. The maximum atomic E-state index is 13.6. The van der Waals surface area contributed by atoms with Gasteiger partial charge in [0.05, 0.1) is 12.2 Å². The Morgan fingerprint density at radius 1 is 1.20 bits per heavy atom. The first-order chi connectivity index (χ1) is 11.9. The van der Waals surface area contributed by atoms with Crippen LogP contribution in [0.3, 0.4) is 0 Å². The van der Waals surface area contributed by atoms with Crippen molar-refractivity contribution in [3.05, 3.63) is 29.8 Å². The van der Waals surface area contributed by atoms with Crippen molar-refractivity contribution >= 4 is 17.6 Å². The number of hydrogen-bond acceptors (Lipinski definition) is 3. The van der Waals surface area contributed by atoms with E-state index >= 15 is 0 Å². The molecule has 8 heteroatoms. The van der Waals surface area contributed by atoms with Crippen LogP contribution < -0.4 is 10.6 Å². The molecule has 1 aliphatic heterocycles. The number of nitrogens with zero attached hydrogens (tertiary/aromatic N) is 2. The summed E-state index contributed by atoms with van der Waals surface area (Å²) in [5.41, 5.74) is -0.180. The summed E-state index contributed by atoms with van der Waals surface area (Å²) >= 11 is 0. The molecule has 0 aliphatic carbocycles. The highest BCUT2D eigenvalue weighted by Crippen LogP contribution is 2.16. The monoisotopic (exact) mass is 354 g/mol. The molecule has 2 rings (SSSR count). The second kappa shape index (κ2) is 8.75. The standard InChI is InChI=1S/C17H24F2N4O2/c1-3-12(2)20-16(24)11-22-6-8-23(9-7-22)17(25)21-15-10-13(18)4-5-14(15)19/h4-5,10,12H,3,6-9,11H2,1-2H3,(H,20,24)(H,21,25). The summed E-state index contributed by atoms with van der Waals surface area (Å²) in [6.07, 6.45) is 0.871. The number of carbonyl (C=O) groups is 2. The first-order valence-electron chi connectivity index (χ1n) is 8.41. The summed E-state index contributed by atoms with van der Waals surface area (Å²) in [6.45, 7) is 6.17. The Bertz CT molecular complexity index is 619. The molecule has 0 saturated carbocycles. The van der Waals surface area contributed by atoms with E-state index in [4.69, 9.17) is 0 Å². The number of urea groups is 1. The third-order valence-corrected chi connectivity index (χ3v) is 4.22. The molecule has 1 aliphatic rings. The highest BCUT2D eigenvalue weighted by atomic mass is 19.1. The molecule has 25 heavy (non-hydrogen) atoms. The summed E-state index contributed by atoms with van der Waals surface area (Å²) in [4.78, 5) is 27.5. The number of benzene rings is 1. The SMILES string of the molecule is CCC(C)NC(=O)CN1CCN(C(=O)Nc2cc(F)ccc2F)CC1. The van der Waals surface area contributed by atoms with Gasteiger partial charge in [-0.05, 0) is 25.5 Å². The van der Waals surface area contributed by atoms with Crippen molar-refractivity contribution in [3.8, 4) is 0 Å². The first-order valence-corrected chi connectivity index (χ1v) is 8.41. The number of amides is 3. The van der Waals surface area contributed by atoms with Crippen LogP contribution >= 0.6 is 0 Å². The van der Waals surface area contributed by atoms with Crippen LogP contribution in [0.1, 0.15) is 20.3 Å². The van der Waals surface area contributed by atoms with E-state index in [2.05, 4.69) is 10.6 Å². The Morgan fingerprint density at radius 2 is 1.88 bits per heavy atom. The van der Waals surface area contributed by atoms with E-state index < -0.39 is 17.7 Å². The summed E-state index contributed by atoms with van der Waals surface area (Å²) in [5.74, 6) is -1.34. The molecule has 1 heterocycles. The second-order valence-electron chi connectivity index (χ2n) is 6.19. The van der Waals surface area contributed by atoms with Crippen molar-refractivity contribution in [1.82, 2.24) is 15.1 Å². The quantitative estimate of drug-likeness (QED) is 0.850. The Hall–Kier alpha value is -2.22. The van der Waals surface area contributed by atoms with E-state index in [1.54, 1.807) is 0 Å². The van der Waals surface area contributed by atoms with Gasteiger partial charge in [0, 0.05) is 38.3 Å². The molecule has 6 nitrogen and oxygen atoms in total. The van der Waals surface area contributed by atoms with Crippen LogP contribution in [0.15, 0.2) is 18.2 Å². The van der Waals surface area contributed by atoms with E-state index in [-0.39, 0.29) is 17.6 Å². The minimum absolute atomic E-state index is 0.0333. The Balaban J connectivity index is 1.80. The lowest BCUT2D eigenvalue weighted by atomic mass is 10.2. The average molecular weight is 354 g/mol. The molecule has 1 aromatic carbocycles. The zero-order valence-corrected chi connectivity index (χ0v) is 14.5. The van der Waals surface area contributed by atoms with Crippen LogP contribution in [0.25, 0.3) is 0 Å². The molecule has 0 aromatic heterocycles. The van der Waals surface area contributed by atoms with Crippen molar-refractivity contribution in [3.63, 3.8) is 0 Å². The topological polar surface area (TPSA) is 64.7 Å². The Kier molecular flexibility index (Phi) is 6.69. The Morgan fingerprint density at radius 3 is 2.52 bits per heavy atom. The zero-order chi connectivity index (χ0) is 18.4. The molecule has 0 radical (unpaired) electrons. The lowest BCUT2D eigenvalue weighted by molar-refractivity contribution is -0.123. The van der Waals surface area contributed by atoms with E-state index in [0.29, 0.717) is 32.7 Å². The molecular weight excluding hydrogens is 330 g/mol. The van der Waals surface area contributed by atoms with Crippen molar-refractivity contribution < 1.29 is 18.4 Å². The van der Waals surface area contributed by atoms with E-state index in [1.807, 2.05) is 18.7 Å². The molecule has 2 N–H and O–H groups in total. The molecule has 1 unspecified atom stereocenters. The Labute approximate surface area is 146 Å².